The lowest BCUT2D eigenvalue weighted by Gasteiger charge is -2.29. The fraction of sp³-hybridized carbons (Fsp3) is 0.417. The summed E-state index contributed by atoms with van der Waals surface area (Å²) in [6, 6.07) is 15.6. The predicted molar refractivity (Wildman–Crippen MR) is 118 cm³/mol. The van der Waals surface area contributed by atoms with Crippen molar-refractivity contribution in [2.45, 2.75) is 26.1 Å². The Labute approximate surface area is 183 Å². The lowest BCUT2D eigenvalue weighted by Crippen LogP contribution is -2.44. The molecule has 2 aromatic rings. The zero-order chi connectivity index (χ0) is 21.8. The molecule has 2 heterocycles. The molecule has 164 valence electrons. The maximum absolute atomic E-state index is 12.8. The zero-order valence-corrected chi connectivity index (χ0v) is 18.1. The van der Waals surface area contributed by atoms with Gasteiger partial charge in [-0.25, -0.2) is 4.79 Å². The number of fused-ring (bicyclic) bond motifs is 1. The van der Waals surface area contributed by atoms with Gasteiger partial charge in [-0.1, -0.05) is 24.3 Å². The van der Waals surface area contributed by atoms with Gasteiger partial charge < -0.3 is 19.3 Å². The van der Waals surface area contributed by atoms with Gasteiger partial charge in [0.25, 0.3) is 0 Å². The minimum atomic E-state index is -0.145. The van der Waals surface area contributed by atoms with Gasteiger partial charge in [0.05, 0.1) is 19.3 Å². The van der Waals surface area contributed by atoms with Crippen molar-refractivity contribution in [1.29, 1.82) is 0 Å². The molecule has 1 fully saturated rings. The van der Waals surface area contributed by atoms with Crippen LogP contribution in [0.2, 0.25) is 0 Å². The summed E-state index contributed by atoms with van der Waals surface area (Å²) in [6.45, 7) is 4.78. The van der Waals surface area contributed by atoms with Gasteiger partial charge in [0, 0.05) is 38.8 Å². The van der Waals surface area contributed by atoms with Gasteiger partial charge >= 0.3 is 6.03 Å². The smallest absolute Gasteiger partial charge is 0.325 e. The molecule has 0 N–H and O–H groups in total. The van der Waals surface area contributed by atoms with E-state index in [0.29, 0.717) is 32.8 Å². The Morgan fingerprint density at radius 3 is 2.61 bits per heavy atom. The quantitative estimate of drug-likeness (QED) is 0.687. The number of anilines is 1. The Bertz CT molecular complexity index is 931. The number of likely N-dealkylation sites (N-methyl/N-ethyl adjacent to an activating group) is 1. The Morgan fingerprint density at radius 2 is 1.87 bits per heavy atom. The van der Waals surface area contributed by atoms with E-state index in [1.165, 1.54) is 11.1 Å². The molecule has 0 spiro atoms. The summed E-state index contributed by atoms with van der Waals surface area (Å²) in [6.07, 6.45) is 0.764. The second-order valence-corrected chi connectivity index (χ2v) is 7.96. The monoisotopic (exact) mass is 423 g/mol. The van der Waals surface area contributed by atoms with Crippen LogP contribution in [0.5, 0.6) is 5.75 Å². The van der Waals surface area contributed by atoms with Crippen molar-refractivity contribution in [2.75, 3.05) is 44.7 Å². The summed E-state index contributed by atoms with van der Waals surface area (Å²) in [4.78, 5) is 30.6. The lowest BCUT2D eigenvalue weighted by molar-refractivity contribution is -0.132. The van der Waals surface area contributed by atoms with E-state index in [2.05, 4.69) is 12.1 Å². The van der Waals surface area contributed by atoms with Crippen LogP contribution in [0.25, 0.3) is 0 Å². The van der Waals surface area contributed by atoms with Crippen LogP contribution >= 0.6 is 0 Å². The summed E-state index contributed by atoms with van der Waals surface area (Å²) in [7, 11) is 1.77. The molecule has 1 atom stereocenters. The molecule has 0 bridgehead atoms. The number of urea groups is 1. The summed E-state index contributed by atoms with van der Waals surface area (Å²) >= 11 is 0. The maximum atomic E-state index is 12.8. The van der Waals surface area contributed by atoms with Gasteiger partial charge in [-0.2, -0.15) is 0 Å². The molecule has 31 heavy (non-hydrogen) atoms. The highest BCUT2D eigenvalue weighted by molar-refractivity contribution is 5.96. The maximum Gasteiger partial charge on any atom is 0.325 e. The minimum absolute atomic E-state index is 0.0292. The Hall–Kier alpha value is -3.06. The van der Waals surface area contributed by atoms with Crippen LogP contribution in [-0.4, -0.2) is 67.7 Å². The van der Waals surface area contributed by atoms with Crippen LogP contribution in [0.15, 0.2) is 48.5 Å². The van der Waals surface area contributed by atoms with Gasteiger partial charge in [0.1, 0.15) is 12.3 Å². The molecule has 7 heteroatoms. The topological polar surface area (TPSA) is 62.3 Å². The largest absolute Gasteiger partial charge is 0.494 e. The van der Waals surface area contributed by atoms with Crippen molar-refractivity contribution in [1.82, 2.24) is 9.80 Å². The molecule has 0 radical (unpaired) electrons. The number of amides is 3. The first-order valence-electron chi connectivity index (χ1n) is 10.8. The van der Waals surface area contributed by atoms with Crippen LogP contribution in [0.3, 0.4) is 0 Å². The first-order chi connectivity index (χ1) is 15.0. The highest BCUT2D eigenvalue weighted by Crippen LogP contribution is 2.24. The van der Waals surface area contributed by atoms with Gasteiger partial charge in [0.2, 0.25) is 5.91 Å². The van der Waals surface area contributed by atoms with Crippen molar-refractivity contribution in [3.8, 4) is 5.75 Å². The Balaban J connectivity index is 1.30. The van der Waals surface area contributed by atoms with Crippen LogP contribution in [0, 0.1) is 0 Å². The number of nitrogens with zero attached hydrogens (tertiary/aromatic N) is 3. The molecule has 7 nitrogen and oxygen atoms in total. The Morgan fingerprint density at radius 1 is 1.13 bits per heavy atom. The third-order valence-corrected chi connectivity index (χ3v) is 5.82. The SMILES string of the molecule is CCOc1ccc(N2CCN(CC(=O)N(C)CC3Cc4ccccc4CO3)C2=O)cc1. The minimum Gasteiger partial charge on any atom is -0.494 e. The molecule has 0 aliphatic carbocycles. The molecule has 0 saturated carbocycles. The van der Waals surface area contributed by atoms with E-state index in [9.17, 15) is 9.59 Å². The van der Waals surface area contributed by atoms with Gasteiger partial charge in [-0.3, -0.25) is 9.69 Å². The molecule has 2 aliphatic rings. The Kier molecular flexibility index (Phi) is 6.42. The molecule has 1 unspecified atom stereocenters. The van der Waals surface area contributed by atoms with Crippen molar-refractivity contribution >= 4 is 17.6 Å². The molecule has 1 saturated heterocycles. The summed E-state index contributed by atoms with van der Waals surface area (Å²) in [5.74, 6) is 0.698. The number of hydrogen-bond acceptors (Lipinski definition) is 4. The number of hydrogen-bond donors (Lipinski definition) is 0. The van der Waals surface area contributed by atoms with Gasteiger partial charge in [-0.15, -0.1) is 0 Å². The third kappa shape index (κ3) is 4.82. The van der Waals surface area contributed by atoms with E-state index in [0.717, 1.165) is 17.9 Å². The highest BCUT2D eigenvalue weighted by atomic mass is 16.5. The molecular weight excluding hydrogens is 394 g/mol. The predicted octanol–water partition coefficient (Wildman–Crippen LogP) is 2.93. The first kappa shape index (κ1) is 21.2. The fourth-order valence-corrected chi connectivity index (χ4v) is 4.08. The van der Waals surface area contributed by atoms with Gasteiger partial charge in [-0.05, 0) is 42.3 Å². The van der Waals surface area contributed by atoms with Crippen LogP contribution in [0.4, 0.5) is 10.5 Å². The van der Waals surface area contributed by atoms with Crippen LogP contribution in [0.1, 0.15) is 18.1 Å². The van der Waals surface area contributed by atoms with Gasteiger partial charge in [0.15, 0.2) is 0 Å². The molecule has 0 aromatic heterocycles. The molecule has 2 aliphatic heterocycles. The number of carbonyl (C=O) groups is 2. The number of carbonyl (C=O) groups excluding carboxylic acids is 2. The average Bonchev–Trinajstić information content (AvgIpc) is 3.14. The van der Waals surface area contributed by atoms with E-state index in [-0.39, 0.29) is 24.6 Å². The summed E-state index contributed by atoms with van der Waals surface area (Å²) in [5, 5.41) is 0. The van der Waals surface area contributed by atoms with E-state index in [1.54, 1.807) is 21.7 Å². The summed E-state index contributed by atoms with van der Waals surface area (Å²) in [5.41, 5.74) is 3.30. The van der Waals surface area contributed by atoms with E-state index in [1.807, 2.05) is 43.3 Å². The second kappa shape index (κ2) is 9.39. The van der Waals surface area contributed by atoms with E-state index >= 15 is 0 Å². The van der Waals surface area contributed by atoms with E-state index in [4.69, 9.17) is 9.47 Å². The third-order valence-electron chi connectivity index (χ3n) is 5.82. The van der Waals surface area contributed by atoms with Crippen molar-refractivity contribution in [3.63, 3.8) is 0 Å². The van der Waals surface area contributed by atoms with Crippen molar-refractivity contribution in [3.05, 3.63) is 59.7 Å². The van der Waals surface area contributed by atoms with Crippen LogP contribution < -0.4 is 9.64 Å². The summed E-state index contributed by atoms with van der Waals surface area (Å²) < 4.78 is 11.4. The molecule has 3 amide bonds. The number of benzene rings is 2. The molecule has 4 rings (SSSR count). The highest BCUT2D eigenvalue weighted by Gasteiger charge is 2.32. The normalized spacial score (nSPS) is 18.1. The zero-order valence-electron chi connectivity index (χ0n) is 18.1. The van der Waals surface area contributed by atoms with E-state index < -0.39 is 0 Å². The second-order valence-electron chi connectivity index (χ2n) is 7.96. The average molecular weight is 424 g/mol. The standard InChI is InChI=1S/C24H29N3O4/c1-3-30-21-10-8-20(9-11-21)27-13-12-26(24(27)29)16-23(28)25(2)15-22-14-18-6-4-5-7-19(18)17-31-22/h4-11,22H,3,12-17H2,1-2H3. The fourth-order valence-electron chi connectivity index (χ4n) is 4.08. The molecular formula is C24H29N3O4. The van der Waals surface area contributed by atoms with Crippen molar-refractivity contribution < 1.29 is 19.1 Å². The number of rotatable bonds is 7. The lowest BCUT2D eigenvalue weighted by atomic mass is 9.99. The molecule has 2 aromatic carbocycles. The van der Waals surface area contributed by atoms with Crippen LogP contribution in [-0.2, 0) is 22.6 Å². The number of ether oxygens (including phenoxy) is 2. The first-order valence-corrected chi connectivity index (χ1v) is 10.8. The van der Waals surface area contributed by atoms with Crippen molar-refractivity contribution in [2.24, 2.45) is 0 Å².